The van der Waals surface area contributed by atoms with Crippen LogP contribution in [0.2, 0.25) is 0 Å². The number of hydrogen-bond acceptors (Lipinski definition) is 2. The minimum absolute atomic E-state index is 0.0388. The predicted molar refractivity (Wildman–Crippen MR) is 122 cm³/mol. The maximum Gasteiger partial charge on any atom is 0.322 e. The highest BCUT2D eigenvalue weighted by atomic mass is 19.1. The molecule has 2 N–H and O–H groups in total. The van der Waals surface area contributed by atoms with Crippen LogP contribution in [0.1, 0.15) is 30.0 Å². The molecule has 4 rings (SSSR count). The molecule has 0 aromatic heterocycles. The van der Waals surface area contributed by atoms with Crippen molar-refractivity contribution >= 4 is 17.6 Å². The lowest BCUT2D eigenvalue weighted by molar-refractivity contribution is -0.126. The normalized spacial score (nSPS) is 17.8. The van der Waals surface area contributed by atoms with E-state index < -0.39 is 29.4 Å². The highest BCUT2D eigenvalue weighted by Crippen LogP contribution is 2.34. The molecular formula is C26H24F3N3O2. The third kappa shape index (κ3) is 5.39. The van der Waals surface area contributed by atoms with Crippen molar-refractivity contribution in [3.05, 3.63) is 101 Å². The van der Waals surface area contributed by atoms with E-state index in [1.807, 2.05) is 30.3 Å². The van der Waals surface area contributed by atoms with Crippen LogP contribution >= 0.6 is 0 Å². The largest absolute Gasteiger partial charge is 0.352 e. The van der Waals surface area contributed by atoms with Crippen molar-refractivity contribution in [3.8, 4) is 0 Å². The van der Waals surface area contributed by atoms with E-state index in [9.17, 15) is 22.8 Å². The Morgan fingerprint density at radius 1 is 0.882 bits per heavy atom. The Morgan fingerprint density at radius 3 is 2.35 bits per heavy atom. The molecule has 3 amide bonds. The second kappa shape index (κ2) is 10.4. The number of nitrogens with zero attached hydrogens (tertiary/aromatic N) is 1. The number of amides is 3. The van der Waals surface area contributed by atoms with Gasteiger partial charge in [0.15, 0.2) is 0 Å². The summed E-state index contributed by atoms with van der Waals surface area (Å²) in [4.78, 5) is 27.5. The molecule has 0 saturated carbocycles. The van der Waals surface area contributed by atoms with Gasteiger partial charge in [-0.2, -0.15) is 0 Å². The number of nitrogens with one attached hydrogen (secondary N) is 2. The van der Waals surface area contributed by atoms with Gasteiger partial charge in [0.05, 0.1) is 17.6 Å². The Balaban J connectivity index is 1.50. The molecule has 0 spiro atoms. The topological polar surface area (TPSA) is 61.4 Å². The average molecular weight is 467 g/mol. The van der Waals surface area contributed by atoms with Crippen molar-refractivity contribution in [2.45, 2.75) is 25.4 Å². The first-order chi connectivity index (χ1) is 16.4. The number of likely N-dealkylation sites (tertiary alicyclic amines) is 1. The molecular weight excluding hydrogens is 443 g/mol. The first-order valence-electron chi connectivity index (χ1n) is 11.0. The van der Waals surface area contributed by atoms with Crippen LogP contribution < -0.4 is 10.6 Å². The van der Waals surface area contributed by atoms with E-state index in [1.54, 1.807) is 18.2 Å². The van der Waals surface area contributed by atoms with Crippen molar-refractivity contribution in [2.24, 2.45) is 5.92 Å². The Hall–Kier alpha value is -3.81. The number of hydrogen-bond donors (Lipinski definition) is 2. The molecule has 1 saturated heterocycles. The maximum atomic E-state index is 14.1. The van der Waals surface area contributed by atoms with E-state index in [0.717, 1.165) is 17.7 Å². The first-order valence-corrected chi connectivity index (χ1v) is 11.0. The van der Waals surface area contributed by atoms with Gasteiger partial charge in [0.25, 0.3) is 0 Å². The van der Waals surface area contributed by atoms with Crippen molar-refractivity contribution < 1.29 is 22.8 Å². The summed E-state index contributed by atoms with van der Waals surface area (Å²) in [5, 5.41) is 5.25. The minimum Gasteiger partial charge on any atom is -0.352 e. The molecule has 0 aliphatic carbocycles. The molecule has 176 valence electrons. The van der Waals surface area contributed by atoms with Crippen molar-refractivity contribution in [1.82, 2.24) is 10.2 Å². The molecule has 1 heterocycles. The molecule has 1 fully saturated rings. The highest BCUT2D eigenvalue weighted by Gasteiger charge is 2.35. The molecule has 2 unspecified atom stereocenters. The van der Waals surface area contributed by atoms with E-state index in [0.29, 0.717) is 24.5 Å². The van der Waals surface area contributed by atoms with E-state index in [1.165, 1.54) is 11.0 Å². The lowest BCUT2D eigenvalue weighted by Gasteiger charge is -2.39. The van der Waals surface area contributed by atoms with E-state index in [4.69, 9.17) is 0 Å². The fourth-order valence-electron chi connectivity index (χ4n) is 4.18. The summed E-state index contributed by atoms with van der Waals surface area (Å²) < 4.78 is 41.3. The van der Waals surface area contributed by atoms with E-state index in [2.05, 4.69) is 10.6 Å². The number of carbonyl (C=O) groups is 2. The maximum absolute atomic E-state index is 14.1. The molecule has 2 atom stereocenters. The average Bonchev–Trinajstić information content (AvgIpc) is 2.85. The van der Waals surface area contributed by atoms with Gasteiger partial charge in [-0.15, -0.1) is 0 Å². The zero-order chi connectivity index (χ0) is 24.1. The molecule has 3 aromatic rings. The van der Waals surface area contributed by atoms with Crippen LogP contribution in [0.3, 0.4) is 0 Å². The molecule has 8 heteroatoms. The van der Waals surface area contributed by atoms with Gasteiger partial charge < -0.3 is 15.5 Å². The zero-order valence-corrected chi connectivity index (χ0v) is 18.3. The molecule has 34 heavy (non-hydrogen) atoms. The second-order valence-corrected chi connectivity index (χ2v) is 8.22. The lowest BCUT2D eigenvalue weighted by atomic mass is 9.88. The molecule has 1 aliphatic rings. The van der Waals surface area contributed by atoms with Gasteiger partial charge in [0, 0.05) is 24.7 Å². The summed E-state index contributed by atoms with van der Waals surface area (Å²) in [5.41, 5.74) is 1.11. The highest BCUT2D eigenvalue weighted by molar-refractivity contribution is 5.90. The lowest BCUT2D eigenvalue weighted by Crippen LogP contribution is -2.48. The third-order valence-electron chi connectivity index (χ3n) is 5.98. The smallest absolute Gasteiger partial charge is 0.322 e. The van der Waals surface area contributed by atoms with Crippen LogP contribution in [0.5, 0.6) is 0 Å². The van der Waals surface area contributed by atoms with Gasteiger partial charge in [-0.05, 0) is 36.6 Å². The van der Waals surface area contributed by atoms with Gasteiger partial charge in [0.1, 0.15) is 17.5 Å². The van der Waals surface area contributed by atoms with Crippen molar-refractivity contribution in [3.63, 3.8) is 0 Å². The Labute approximate surface area is 195 Å². The van der Waals surface area contributed by atoms with Crippen LogP contribution in [-0.4, -0.2) is 23.4 Å². The standard InChI is InChI=1S/C26H24F3N3O2/c27-20-11-12-23(22(29)14-20)31-26(34)32-16-19(10-13-24(32)17-6-2-1-3-7-17)25(33)30-15-18-8-4-5-9-21(18)28/h1-9,11-12,14,19,24H,10,13,15-16H2,(H,30,33)(H,31,34). The van der Waals surface area contributed by atoms with Crippen LogP contribution in [0, 0.1) is 23.4 Å². The van der Waals surface area contributed by atoms with Crippen LogP contribution in [-0.2, 0) is 11.3 Å². The van der Waals surface area contributed by atoms with Gasteiger partial charge in [0.2, 0.25) is 5.91 Å². The molecule has 1 aliphatic heterocycles. The second-order valence-electron chi connectivity index (χ2n) is 8.22. The predicted octanol–water partition coefficient (Wildman–Crippen LogP) is 5.41. The van der Waals surface area contributed by atoms with E-state index >= 15 is 0 Å². The quantitative estimate of drug-likeness (QED) is 0.528. The number of rotatable bonds is 5. The van der Waals surface area contributed by atoms with Crippen molar-refractivity contribution in [2.75, 3.05) is 11.9 Å². The molecule has 0 bridgehead atoms. The Morgan fingerprint density at radius 2 is 1.62 bits per heavy atom. The number of carbonyl (C=O) groups excluding carboxylic acids is 2. The minimum atomic E-state index is -0.888. The molecule has 5 nitrogen and oxygen atoms in total. The third-order valence-corrected chi connectivity index (χ3v) is 5.98. The summed E-state index contributed by atoms with van der Waals surface area (Å²) in [7, 11) is 0. The number of piperidine rings is 1. The summed E-state index contributed by atoms with van der Waals surface area (Å²) in [6.07, 6.45) is 1.04. The van der Waals surface area contributed by atoms with Crippen LogP contribution in [0.15, 0.2) is 72.8 Å². The summed E-state index contributed by atoms with van der Waals surface area (Å²) >= 11 is 0. The Bertz CT molecular complexity index is 1170. The Kier molecular flexibility index (Phi) is 7.15. The van der Waals surface area contributed by atoms with Crippen LogP contribution in [0.4, 0.5) is 23.7 Å². The number of benzene rings is 3. The summed E-state index contributed by atoms with van der Waals surface area (Å²) in [6.45, 7) is 0.133. The SMILES string of the molecule is O=C(NCc1ccccc1F)C1CCC(c2ccccc2)N(C(=O)Nc2ccc(F)cc2F)C1. The van der Waals surface area contributed by atoms with Crippen molar-refractivity contribution in [1.29, 1.82) is 0 Å². The fourth-order valence-corrected chi connectivity index (χ4v) is 4.18. The van der Waals surface area contributed by atoms with Gasteiger partial charge in [-0.25, -0.2) is 18.0 Å². The van der Waals surface area contributed by atoms with Gasteiger partial charge >= 0.3 is 6.03 Å². The van der Waals surface area contributed by atoms with Gasteiger partial charge in [-0.3, -0.25) is 4.79 Å². The monoisotopic (exact) mass is 467 g/mol. The van der Waals surface area contributed by atoms with E-state index in [-0.39, 0.29) is 30.7 Å². The first kappa shape index (κ1) is 23.4. The number of anilines is 1. The summed E-state index contributed by atoms with van der Waals surface area (Å²) in [5.74, 6) is -2.85. The fraction of sp³-hybridized carbons (Fsp3) is 0.231. The zero-order valence-electron chi connectivity index (χ0n) is 18.3. The molecule has 0 radical (unpaired) electrons. The number of urea groups is 1. The summed E-state index contributed by atoms with van der Waals surface area (Å²) in [6, 6.07) is 17.6. The molecule has 3 aromatic carbocycles. The van der Waals surface area contributed by atoms with Gasteiger partial charge in [-0.1, -0.05) is 48.5 Å². The van der Waals surface area contributed by atoms with Crippen LogP contribution in [0.25, 0.3) is 0 Å². The number of halogens is 3.